The van der Waals surface area contributed by atoms with E-state index < -0.39 is 11.4 Å². The minimum Gasteiger partial charge on any atom is -0.481 e. The number of carboxylic acids is 1. The predicted octanol–water partition coefficient (Wildman–Crippen LogP) is 3.32. The summed E-state index contributed by atoms with van der Waals surface area (Å²) in [6.45, 7) is 5.93. The van der Waals surface area contributed by atoms with Crippen molar-refractivity contribution in [3.8, 4) is 0 Å². The van der Waals surface area contributed by atoms with Gasteiger partial charge in [0.05, 0.1) is 16.4 Å². The molecule has 0 unspecified atom stereocenters. The van der Waals surface area contributed by atoms with Gasteiger partial charge in [-0.15, -0.1) is 0 Å². The first-order valence-corrected chi connectivity index (χ1v) is 7.09. The Balaban J connectivity index is 2.51. The maximum atomic E-state index is 11.6. The zero-order valence-corrected chi connectivity index (χ0v) is 12.6. The van der Waals surface area contributed by atoms with Crippen LogP contribution in [-0.4, -0.2) is 20.6 Å². The summed E-state index contributed by atoms with van der Waals surface area (Å²) in [5, 5.41) is 9.57. The van der Waals surface area contributed by atoms with Crippen LogP contribution in [0, 0.1) is 12.3 Å². The predicted molar refractivity (Wildman–Crippen MR) is 79.8 cm³/mol. The van der Waals surface area contributed by atoms with E-state index in [1.165, 1.54) is 0 Å². The fourth-order valence-electron chi connectivity index (χ4n) is 2.85. The summed E-state index contributed by atoms with van der Waals surface area (Å²) >= 11 is 0. The van der Waals surface area contributed by atoms with E-state index in [4.69, 9.17) is 0 Å². The van der Waals surface area contributed by atoms with Crippen LogP contribution >= 0.6 is 0 Å². The van der Waals surface area contributed by atoms with Crippen molar-refractivity contribution < 1.29 is 9.90 Å². The van der Waals surface area contributed by atoms with Gasteiger partial charge in [0.25, 0.3) is 0 Å². The monoisotopic (exact) mass is 274 g/mol. The lowest BCUT2D eigenvalue weighted by atomic mass is 9.79. The summed E-state index contributed by atoms with van der Waals surface area (Å²) in [5.74, 6) is 0.117. The highest BCUT2D eigenvalue weighted by Gasteiger charge is 2.36. The van der Waals surface area contributed by atoms with Crippen LogP contribution in [0.15, 0.2) is 18.2 Å². The van der Waals surface area contributed by atoms with Gasteiger partial charge in [0.15, 0.2) is 0 Å². The molecule has 1 aromatic heterocycles. The van der Waals surface area contributed by atoms with Crippen molar-refractivity contribution in [1.29, 1.82) is 0 Å². The van der Waals surface area contributed by atoms with Gasteiger partial charge in [0.1, 0.15) is 5.82 Å². The van der Waals surface area contributed by atoms with Crippen molar-refractivity contribution in [1.82, 2.24) is 9.55 Å². The molecule has 0 aliphatic rings. The molecular weight excluding hydrogens is 252 g/mol. The van der Waals surface area contributed by atoms with Crippen LogP contribution in [0.5, 0.6) is 0 Å². The van der Waals surface area contributed by atoms with Gasteiger partial charge < -0.3 is 9.67 Å². The van der Waals surface area contributed by atoms with Gasteiger partial charge in [-0.25, -0.2) is 4.98 Å². The lowest BCUT2D eigenvalue weighted by Crippen LogP contribution is -2.33. The first-order valence-electron chi connectivity index (χ1n) is 7.09. The third-order valence-electron chi connectivity index (χ3n) is 4.49. The summed E-state index contributed by atoms with van der Waals surface area (Å²) in [7, 11) is 1.97. The van der Waals surface area contributed by atoms with Gasteiger partial charge in [-0.3, -0.25) is 4.79 Å². The molecule has 0 atom stereocenters. The molecule has 2 aromatic rings. The molecule has 2 rings (SSSR count). The molecule has 0 aliphatic carbocycles. The summed E-state index contributed by atoms with van der Waals surface area (Å²) in [6.07, 6.45) is 1.70. The molecule has 4 nitrogen and oxygen atoms in total. The molecule has 0 saturated heterocycles. The highest BCUT2D eigenvalue weighted by Crippen LogP contribution is 2.32. The fraction of sp³-hybridized carbons (Fsp3) is 0.500. The van der Waals surface area contributed by atoms with Gasteiger partial charge in [-0.2, -0.15) is 0 Å². The maximum absolute atomic E-state index is 11.6. The average molecular weight is 274 g/mol. The number of aromatic nitrogens is 2. The summed E-state index contributed by atoms with van der Waals surface area (Å²) in [4.78, 5) is 16.3. The van der Waals surface area contributed by atoms with Gasteiger partial charge in [0.2, 0.25) is 0 Å². The molecule has 0 radical (unpaired) electrons. The number of fused-ring (bicyclic) bond motifs is 1. The number of carboxylic acid groups (broad SMARTS) is 1. The first kappa shape index (κ1) is 14.6. The second-order valence-corrected chi connectivity index (χ2v) is 5.50. The van der Waals surface area contributed by atoms with Gasteiger partial charge in [-0.05, 0) is 31.4 Å². The molecule has 0 bridgehead atoms. The summed E-state index contributed by atoms with van der Waals surface area (Å²) < 4.78 is 2.04. The first-order chi connectivity index (χ1) is 9.45. The van der Waals surface area contributed by atoms with E-state index in [0.717, 1.165) is 22.4 Å². The highest BCUT2D eigenvalue weighted by molar-refractivity contribution is 5.80. The Morgan fingerprint density at radius 1 is 1.35 bits per heavy atom. The third-order valence-corrected chi connectivity index (χ3v) is 4.49. The van der Waals surface area contributed by atoms with E-state index in [1.807, 2.05) is 37.6 Å². The SMILES string of the molecule is CCC(CC)(Cc1nc2cccc(C)c2n1C)C(=O)O. The van der Waals surface area contributed by atoms with Crippen LogP contribution in [-0.2, 0) is 18.3 Å². The van der Waals surface area contributed by atoms with E-state index in [9.17, 15) is 9.90 Å². The number of nitrogens with zero attached hydrogens (tertiary/aromatic N) is 2. The van der Waals surface area contributed by atoms with E-state index in [2.05, 4.69) is 18.0 Å². The number of rotatable bonds is 5. The standard InChI is InChI=1S/C16H22N2O2/c1-5-16(6-2,15(19)20)10-13-17-12-9-7-8-11(3)14(12)18(13)4/h7-9H,5-6,10H2,1-4H3,(H,19,20). The minimum atomic E-state index is -0.730. The lowest BCUT2D eigenvalue weighted by molar-refractivity contribution is -0.149. The van der Waals surface area contributed by atoms with Crippen molar-refractivity contribution >= 4 is 17.0 Å². The molecular formula is C16H22N2O2. The highest BCUT2D eigenvalue weighted by atomic mass is 16.4. The Kier molecular flexibility index (Phi) is 3.84. The number of carbonyl (C=O) groups is 1. The molecule has 0 aliphatic heterocycles. The van der Waals surface area contributed by atoms with Crippen LogP contribution in [0.4, 0.5) is 0 Å². The maximum Gasteiger partial charge on any atom is 0.310 e. The normalized spacial score (nSPS) is 12.0. The topological polar surface area (TPSA) is 55.1 Å². The number of hydrogen-bond donors (Lipinski definition) is 1. The number of hydrogen-bond acceptors (Lipinski definition) is 2. The zero-order chi connectivity index (χ0) is 14.9. The Hall–Kier alpha value is -1.84. The van der Waals surface area contributed by atoms with Gasteiger partial charge >= 0.3 is 5.97 Å². The molecule has 0 saturated carbocycles. The van der Waals surface area contributed by atoms with E-state index in [-0.39, 0.29) is 0 Å². The Morgan fingerprint density at radius 2 is 2.00 bits per heavy atom. The molecule has 4 heteroatoms. The van der Waals surface area contributed by atoms with Crippen LogP contribution in [0.3, 0.4) is 0 Å². The zero-order valence-electron chi connectivity index (χ0n) is 12.6. The lowest BCUT2D eigenvalue weighted by Gasteiger charge is -2.26. The molecule has 0 spiro atoms. The number of imidazole rings is 1. The van der Waals surface area contributed by atoms with E-state index in [1.54, 1.807) is 0 Å². The van der Waals surface area contributed by atoms with Crippen molar-refractivity contribution in [2.75, 3.05) is 0 Å². The molecule has 1 aromatic carbocycles. The average Bonchev–Trinajstić information content (AvgIpc) is 2.73. The Labute approximate surface area is 119 Å². The Bertz CT molecular complexity index is 639. The van der Waals surface area contributed by atoms with Crippen LogP contribution in [0.25, 0.3) is 11.0 Å². The summed E-state index contributed by atoms with van der Waals surface area (Å²) in [6, 6.07) is 6.02. The van der Waals surface area contributed by atoms with Crippen molar-refractivity contribution in [2.45, 2.75) is 40.0 Å². The molecule has 1 heterocycles. The smallest absolute Gasteiger partial charge is 0.310 e. The van der Waals surface area contributed by atoms with E-state index >= 15 is 0 Å². The minimum absolute atomic E-state index is 0.472. The largest absolute Gasteiger partial charge is 0.481 e. The van der Waals surface area contributed by atoms with Crippen LogP contribution < -0.4 is 0 Å². The molecule has 108 valence electrons. The van der Waals surface area contributed by atoms with Crippen LogP contribution in [0.2, 0.25) is 0 Å². The quantitative estimate of drug-likeness (QED) is 0.910. The fourth-order valence-corrected chi connectivity index (χ4v) is 2.85. The molecule has 0 amide bonds. The van der Waals surface area contributed by atoms with Crippen molar-refractivity contribution in [3.63, 3.8) is 0 Å². The molecule has 20 heavy (non-hydrogen) atoms. The van der Waals surface area contributed by atoms with Crippen molar-refractivity contribution in [2.24, 2.45) is 12.5 Å². The number of benzene rings is 1. The van der Waals surface area contributed by atoms with Gasteiger partial charge in [-0.1, -0.05) is 26.0 Å². The third kappa shape index (κ3) is 2.19. The molecule has 0 fully saturated rings. The Morgan fingerprint density at radius 3 is 2.50 bits per heavy atom. The number of aryl methyl sites for hydroxylation is 2. The van der Waals surface area contributed by atoms with Crippen LogP contribution in [0.1, 0.15) is 38.1 Å². The summed E-state index contributed by atoms with van der Waals surface area (Å²) in [5.41, 5.74) is 2.48. The second-order valence-electron chi connectivity index (χ2n) is 5.50. The number of aliphatic carboxylic acids is 1. The van der Waals surface area contributed by atoms with Gasteiger partial charge in [0, 0.05) is 13.5 Å². The number of para-hydroxylation sites is 1. The van der Waals surface area contributed by atoms with Crippen molar-refractivity contribution in [3.05, 3.63) is 29.6 Å². The molecule has 1 N–H and O–H groups in total. The van der Waals surface area contributed by atoms with E-state index in [0.29, 0.717) is 19.3 Å². The second kappa shape index (κ2) is 5.27.